The predicted octanol–water partition coefficient (Wildman–Crippen LogP) is 4.94. The maximum absolute atomic E-state index is 13.2. The molecule has 1 N–H and O–H groups in total. The molecule has 0 bridgehead atoms. The zero-order valence-corrected chi connectivity index (χ0v) is 15.5. The molecule has 144 valence electrons. The molecule has 1 unspecified atom stereocenters. The van der Waals surface area contributed by atoms with Gasteiger partial charge in [0.05, 0.1) is 21.6 Å². The van der Waals surface area contributed by atoms with Crippen LogP contribution >= 0.6 is 11.6 Å². The van der Waals surface area contributed by atoms with Crippen molar-refractivity contribution < 1.29 is 23.0 Å². The van der Waals surface area contributed by atoms with Crippen molar-refractivity contribution in [2.45, 2.75) is 25.6 Å². The molecule has 0 fully saturated rings. The Morgan fingerprint density at radius 3 is 2.44 bits per heavy atom. The Morgan fingerprint density at radius 1 is 1.22 bits per heavy atom. The van der Waals surface area contributed by atoms with E-state index >= 15 is 0 Å². The predicted molar refractivity (Wildman–Crippen MR) is 97.3 cm³/mol. The van der Waals surface area contributed by atoms with Crippen LogP contribution in [0.5, 0.6) is 0 Å². The van der Waals surface area contributed by atoms with E-state index < -0.39 is 17.8 Å². The second-order valence-corrected chi connectivity index (χ2v) is 6.55. The van der Waals surface area contributed by atoms with E-state index in [2.05, 4.69) is 4.98 Å². The molecule has 3 aromatic rings. The Bertz CT molecular complexity index is 952. The molecule has 0 radical (unpaired) electrons. The summed E-state index contributed by atoms with van der Waals surface area (Å²) in [6.07, 6.45) is -4.48. The summed E-state index contributed by atoms with van der Waals surface area (Å²) in [7, 11) is 1.51. The van der Waals surface area contributed by atoms with Crippen molar-refractivity contribution in [1.82, 2.24) is 9.55 Å². The van der Waals surface area contributed by atoms with Crippen LogP contribution < -0.4 is 0 Å². The third-order valence-corrected chi connectivity index (χ3v) is 4.70. The number of nitrogens with zero attached hydrogens (tertiary/aromatic N) is 2. The number of imidazole rings is 1. The van der Waals surface area contributed by atoms with Gasteiger partial charge in [-0.3, -0.25) is 4.57 Å². The number of fused-ring (bicyclic) bond motifs is 1. The zero-order chi connectivity index (χ0) is 19.8. The minimum absolute atomic E-state index is 0.0368. The zero-order valence-electron chi connectivity index (χ0n) is 14.7. The minimum Gasteiger partial charge on any atom is -0.396 e. The molecule has 0 saturated heterocycles. The number of aliphatic hydroxyl groups excluding tert-OH is 1. The van der Waals surface area contributed by atoms with Crippen molar-refractivity contribution in [1.29, 1.82) is 0 Å². The summed E-state index contributed by atoms with van der Waals surface area (Å²) in [6.45, 7) is 1.80. The highest BCUT2D eigenvalue weighted by Gasteiger charge is 2.34. The molecule has 0 amide bonds. The van der Waals surface area contributed by atoms with Gasteiger partial charge in [0.1, 0.15) is 11.9 Å². The first-order chi connectivity index (χ1) is 12.8. The van der Waals surface area contributed by atoms with Gasteiger partial charge in [0.15, 0.2) is 0 Å². The standard InChI is InChI=1S/C19H18ClF3N2O2/c1-11(27-2)18-24-16-9-14(19(21,22)23)15(20)10-17(16)25(18)13-5-3-12(4-6-13)7-8-26/h3-6,9-11,26H,7-8H2,1-2H3. The highest BCUT2D eigenvalue weighted by molar-refractivity contribution is 6.32. The van der Waals surface area contributed by atoms with E-state index in [9.17, 15) is 13.2 Å². The number of hydrogen-bond acceptors (Lipinski definition) is 3. The SMILES string of the molecule is COC(C)c1nc2cc(C(F)(F)F)c(Cl)cc2n1-c1ccc(CCO)cc1. The van der Waals surface area contributed by atoms with E-state index in [1.807, 2.05) is 24.3 Å². The molecule has 1 atom stereocenters. The first-order valence-electron chi connectivity index (χ1n) is 8.28. The van der Waals surface area contributed by atoms with Crippen molar-refractivity contribution >= 4 is 22.6 Å². The third-order valence-electron chi connectivity index (χ3n) is 4.39. The summed E-state index contributed by atoms with van der Waals surface area (Å²) in [5.74, 6) is 0.470. The summed E-state index contributed by atoms with van der Waals surface area (Å²) >= 11 is 5.92. The Morgan fingerprint density at radius 2 is 1.89 bits per heavy atom. The first-order valence-corrected chi connectivity index (χ1v) is 8.66. The lowest BCUT2D eigenvalue weighted by Crippen LogP contribution is -2.07. The van der Waals surface area contributed by atoms with Crippen LogP contribution in [-0.2, 0) is 17.3 Å². The Kier molecular flexibility index (Phi) is 5.46. The van der Waals surface area contributed by atoms with E-state index in [0.29, 0.717) is 23.4 Å². The number of alkyl halides is 3. The summed E-state index contributed by atoms with van der Waals surface area (Å²) in [5, 5.41) is 8.66. The molecule has 3 rings (SSSR count). The van der Waals surface area contributed by atoms with Crippen LogP contribution in [-0.4, -0.2) is 28.4 Å². The minimum atomic E-state index is -4.56. The normalized spacial score (nSPS) is 13.3. The van der Waals surface area contributed by atoms with Gasteiger partial charge < -0.3 is 9.84 Å². The van der Waals surface area contributed by atoms with Gasteiger partial charge in [-0.05, 0) is 43.2 Å². The Hall–Kier alpha value is -2.09. The highest BCUT2D eigenvalue weighted by Crippen LogP contribution is 2.38. The van der Waals surface area contributed by atoms with Crippen molar-refractivity contribution in [2.24, 2.45) is 0 Å². The van der Waals surface area contributed by atoms with Crippen molar-refractivity contribution in [3.05, 3.63) is 58.4 Å². The number of rotatable bonds is 5. The molecule has 0 aliphatic carbocycles. The number of halogens is 4. The molecule has 27 heavy (non-hydrogen) atoms. The van der Waals surface area contributed by atoms with Gasteiger partial charge in [-0.15, -0.1) is 0 Å². The van der Waals surface area contributed by atoms with E-state index in [4.69, 9.17) is 21.4 Å². The third kappa shape index (κ3) is 3.81. The van der Waals surface area contributed by atoms with E-state index in [1.165, 1.54) is 13.2 Å². The summed E-state index contributed by atoms with van der Waals surface area (Å²) in [4.78, 5) is 4.37. The fourth-order valence-electron chi connectivity index (χ4n) is 2.92. The van der Waals surface area contributed by atoms with Crippen LogP contribution in [0.15, 0.2) is 36.4 Å². The molecular formula is C19H18ClF3N2O2. The smallest absolute Gasteiger partial charge is 0.396 e. The second kappa shape index (κ2) is 7.50. The van der Waals surface area contributed by atoms with E-state index in [1.54, 1.807) is 11.5 Å². The lowest BCUT2D eigenvalue weighted by molar-refractivity contribution is -0.137. The molecule has 4 nitrogen and oxygen atoms in total. The average Bonchev–Trinajstić information content (AvgIpc) is 2.99. The summed E-state index contributed by atoms with van der Waals surface area (Å²) < 4.78 is 46.6. The monoisotopic (exact) mass is 398 g/mol. The number of aliphatic hydroxyl groups is 1. The number of benzene rings is 2. The number of ether oxygens (including phenoxy) is 1. The molecule has 8 heteroatoms. The van der Waals surface area contributed by atoms with Gasteiger partial charge in [-0.1, -0.05) is 23.7 Å². The molecule has 0 aliphatic heterocycles. The maximum Gasteiger partial charge on any atom is 0.417 e. The van der Waals surface area contributed by atoms with Crippen LogP contribution in [0.4, 0.5) is 13.2 Å². The van der Waals surface area contributed by atoms with Gasteiger partial charge in [-0.2, -0.15) is 13.2 Å². The lowest BCUT2D eigenvalue weighted by Gasteiger charge is -2.14. The van der Waals surface area contributed by atoms with Gasteiger partial charge >= 0.3 is 6.18 Å². The van der Waals surface area contributed by atoms with E-state index in [0.717, 1.165) is 11.6 Å². The molecule has 2 aromatic carbocycles. The average molecular weight is 399 g/mol. The summed E-state index contributed by atoms with van der Waals surface area (Å²) in [6, 6.07) is 9.59. The van der Waals surface area contributed by atoms with Crippen LogP contribution in [0, 0.1) is 0 Å². The number of methoxy groups -OCH3 is 1. The van der Waals surface area contributed by atoms with Crippen molar-refractivity contribution in [3.8, 4) is 5.69 Å². The van der Waals surface area contributed by atoms with Crippen LogP contribution in [0.3, 0.4) is 0 Å². The van der Waals surface area contributed by atoms with Gasteiger partial charge in [0, 0.05) is 19.4 Å². The molecule has 1 aromatic heterocycles. The van der Waals surface area contributed by atoms with Crippen molar-refractivity contribution in [3.63, 3.8) is 0 Å². The number of hydrogen-bond donors (Lipinski definition) is 1. The Balaban J connectivity index is 2.24. The molecule has 0 spiro atoms. The first kappa shape index (κ1) is 19.7. The summed E-state index contributed by atoms with van der Waals surface area (Å²) in [5.41, 5.74) is 1.39. The van der Waals surface area contributed by atoms with Gasteiger partial charge in [0.2, 0.25) is 0 Å². The van der Waals surface area contributed by atoms with Crippen LogP contribution in [0.2, 0.25) is 5.02 Å². The van der Waals surface area contributed by atoms with Crippen LogP contribution in [0.25, 0.3) is 16.7 Å². The largest absolute Gasteiger partial charge is 0.417 e. The van der Waals surface area contributed by atoms with Crippen LogP contribution in [0.1, 0.15) is 30.0 Å². The van der Waals surface area contributed by atoms with E-state index in [-0.39, 0.29) is 17.1 Å². The van der Waals surface area contributed by atoms with Crippen molar-refractivity contribution in [2.75, 3.05) is 13.7 Å². The Labute approximate surface area is 159 Å². The molecule has 0 saturated carbocycles. The lowest BCUT2D eigenvalue weighted by atomic mass is 10.1. The topological polar surface area (TPSA) is 47.3 Å². The fraction of sp³-hybridized carbons (Fsp3) is 0.316. The quantitative estimate of drug-likeness (QED) is 0.662. The van der Waals surface area contributed by atoms with Gasteiger partial charge in [-0.25, -0.2) is 4.98 Å². The molecular weight excluding hydrogens is 381 g/mol. The maximum atomic E-state index is 13.2. The highest BCUT2D eigenvalue weighted by atomic mass is 35.5. The molecule has 0 aliphatic rings. The fourth-order valence-corrected chi connectivity index (χ4v) is 3.19. The molecule has 1 heterocycles. The van der Waals surface area contributed by atoms with Gasteiger partial charge in [0.25, 0.3) is 0 Å². The number of aromatic nitrogens is 2. The second-order valence-electron chi connectivity index (χ2n) is 6.14.